The molecule has 0 fully saturated rings. The molecule has 0 rings (SSSR count). The van der Waals surface area contributed by atoms with Gasteiger partial charge in [0.15, 0.2) is 0 Å². The first kappa shape index (κ1) is 12.2. The molecule has 1 unspecified atom stereocenters. The molecule has 1 atom stereocenters. The third kappa shape index (κ3) is 10.2. The average Bonchev–Trinajstić information content (AvgIpc) is 2.02. The summed E-state index contributed by atoms with van der Waals surface area (Å²) in [5.74, 6) is 0. The van der Waals surface area contributed by atoms with E-state index >= 15 is 0 Å². The minimum Gasteiger partial charge on any atom is -0.385 e. The van der Waals surface area contributed by atoms with E-state index in [1.807, 2.05) is 6.92 Å². The van der Waals surface area contributed by atoms with E-state index in [4.69, 9.17) is 16.3 Å². The fourth-order valence-electron chi connectivity index (χ4n) is 0.922. The van der Waals surface area contributed by atoms with Crippen LogP contribution in [0.2, 0.25) is 0 Å². The minimum atomic E-state index is 0.288. The molecular weight excluding hydrogens is 174 g/mol. The second-order valence-electron chi connectivity index (χ2n) is 3.02. The lowest BCUT2D eigenvalue weighted by Gasteiger charge is -2.05. The van der Waals surface area contributed by atoms with E-state index in [2.05, 4.69) is 5.32 Å². The van der Waals surface area contributed by atoms with Crippen molar-refractivity contribution in [3.05, 3.63) is 0 Å². The molecule has 0 bridgehead atoms. The van der Waals surface area contributed by atoms with E-state index in [0.29, 0.717) is 0 Å². The van der Waals surface area contributed by atoms with E-state index < -0.39 is 0 Å². The highest BCUT2D eigenvalue weighted by Crippen LogP contribution is 1.97. The molecule has 0 saturated heterocycles. The van der Waals surface area contributed by atoms with Crippen LogP contribution in [0.3, 0.4) is 0 Å². The lowest BCUT2D eigenvalue weighted by Crippen LogP contribution is -2.19. The van der Waals surface area contributed by atoms with Crippen molar-refractivity contribution in [1.82, 2.24) is 5.32 Å². The maximum absolute atomic E-state index is 5.78. The lowest BCUT2D eigenvalue weighted by atomic mass is 10.3. The Kier molecular flexibility index (Phi) is 9.46. The van der Waals surface area contributed by atoms with Gasteiger partial charge in [0, 0.05) is 19.1 Å². The van der Waals surface area contributed by atoms with E-state index in [-0.39, 0.29) is 5.38 Å². The second-order valence-corrected chi connectivity index (χ2v) is 3.76. The van der Waals surface area contributed by atoms with E-state index in [0.717, 1.165) is 32.5 Å². The number of hydrogen-bond donors (Lipinski definition) is 1. The van der Waals surface area contributed by atoms with Crippen LogP contribution >= 0.6 is 11.6 Å². The van der Waals surface area contributed by atoms with Crippen molar-refractivity contribution in [2.75, 3.05) is 26.8 Å². The molecule has 0 spiro atoms. The number of methoxy groups -OCH3 is 1. The molecule has 12 heavy (non-hydrogen) atoms. The zero-order chi connectivity index (χ0) is 9.23. The Morgan fingerprint density at radius 3 is 2.67 bits per heavy atom. The van der Waals surface area contributed by atoms with Crippen molar-refractivity contribution in [3.8, 4) is 0 Å². The number of hydrogen-bond acceptors (Lipinski definition) is 2. The van der Waals surface area contributed by atoms with Crippen molar-refractivity contribution in [2.24, 2.45) is 0 Å². The van der Waals surface area contributed by atoms with Crippen LogP contribution in [0.15, 0.2) is 0 Å². The summed E-state index contributed by atoms with van der Waals surface area (Å²) in [6.07, 6.45) is 3.37. The van der Waals surface area contributed by atoms with E-state index in [1.165, 1.54) is 6.42 Å². The van der Waals surface area contributed by atoms with Crippen molar-refractivity contribution >= 4 is 11.6 Å². The second kappa shape index (κ2) is 9.30. The number of ether oxygens (including phenoxy) is 1. The van der Waals surface area contributed by atoms with Gasteiger partial charge in [0.2, 0.25) is 0 Å². The molecule has 1 N–H and O–H groups in total. The van der Waals surface area contributed by atoms with Crippen LogP contribution in [-0.4, -0.2) is 32.2 Å². The summed E-state index contributed by atoms with van der Waals surface area (Å²) in [6.45, 7) is 4.99. The molecule has 0 aliphatic rings. The Labute approximate surface area is 80.6 Å². The third-order valence-electron chi connectivity index (χ3n) is 1.67. The standard InChI is InChI=1S/C9H20ClNO/c1-9(10)5-7-11-6-3-4-8-12-2/h9,11H,3-8H2,1-2H3. The zero-order valence-corrected chi connectivity index (χ0v) is 8.86. The lowest BCUT2D eigenvalue weighted by molar-refractivity contribution is 0.192. The molecule has 0 saturated carbocycles. The van der Waals surface area contributed by atoms with Crippen LogP contribution in [0.1, 0.15) is 26.2 Å². The summed E-state index contributed by atoms with van der Waals surface area (Å²) in [5.41, 5.74) is 0. The van der Waals surface area contributed by atoms with Gasteiger partial charge in [-0.15, -0.1) is 11.6 Å². The van der Waals surface area contributed by atoms with Gasteiger partial charge in [0.25, 0.3) is 0 Å². The van der Waals surface area contributed by atoms with Crippen LogP contribution in [0.5, 0.6) is 0 Å². The average molecular weight is 194 g/mol. The van der Waals surface area contributed by atoms with Gasteiger partial charge in [-0.3, -0.25) is 0 Å². The highest BCUT2D eigenvalue weighted by atomic mass is 35.5. The van der Waals surface area contributed by atoms with Gasteiger partial charge < -0.3 is 10.1 Å². The SMILES string of the molecule is COCCCCNCCC(C)Cl. The third-order valence-corrected chi connectivity index (χ3v) is 1.89. The van der Waals surface area contributed by atoms with Gasteiger partial charge in [0.1, 0.15) is 0 Å². The summed E-state index contributed by atoms with van der Waals surface area (Å²) in [7, 11) is 1.74. The first-order chi connectivity index (χ1) is 5.77. The first-order valence-electron chi connectivity index (χ1n) is 4.61. The Bertz CT molecular complexity index is 88.6. The Balaban J connectivity index is 2.82. The fourth-order valence-corrected chi connectivity index (χ4v) is 1.03. The zero-order valence-electron chi connectivity index (χ0n) is 8.11. The normalized spacial score (nSPS) is 13.2. The van der Waals surface area contributed by atoms with Crippen molar-refractivity contribution < 1.29 is 4.74 Å². The van der Waals surface area contributed by atoms with Gasteiger partial charge in [0.05, 0.1) is 0 Å². The highest BCUT2D eigenvalue weighted by Gasteiger charge is 1.94. The van der Waals surface area contributed by atoms with Crippen LogP contribution in [0.4, 0.5) is 0 Å². The predicted molar refractivity (Wildman–Crippen MR) is 53.9 cm³/mol. The maximum atomic E-state index is 5.78. The van der Waals surface area contributed by atoms with E-state index in [9.17, 15) is 0 Å². The number of rotatable bonds is 8. The minimum absolute atomic E-state index is 0.288. The Morgan fingerprint density at radius 2 is 2.08 bits per heavy atom. The number of alkyl halides is 1. The molecule has 0 aliphatic heterocycles. The topological polar surface area (TPSA) is 21.3 Å². The van der Waals surface area contributed by atoms with Crippen LogP contribution in [0, 0.1) is 0 Å². The molecule has 0 aromatic carbocycles. The summed E-state index contributed by atoms with van der Waals surface area (Å²) in [5, 5.41) is 3.62. The molecule has 3 heteroatoms. The summed E-state index contributed by atoms with van der Waals surface area (Å²) in [6, 6.07) is 0. The number of nitrogens with one attached hydrogen (secondary N) is 1. The predicted octanol–water partition coefficient (Wildman–Crippen LogP) is 2.02. The molecule has 0 amide bonds. The van der Waals surface area contributed by atoms with Crippen molar-refractivity contribution in [1.29, 1.82) is 0 Å². The molecule has 0 aromatic heterocycles. The molecule has 0 aromatic rings. The molecule has 0 radical (unpaired) electrons. The molecular formula is C9H20ClNO. The molecule has 0 heterocycles. The van der Waals surface area contributed by atoms with Crippen molar-refractivity contribution in [3.63, 3.8) is 0 Å². The molecule has 2 nitrogen and oxygen atoms in total. The van der Waals surface area contributed by atoms with Gasteiger partial charge in [-0.25, -0.2) is 0 Å². The Hall–Kier alpha value is 0.210. The number of unbranched alkanes of at least 4 members (excludes halogenated alkanes) is 1. The summed E-state index contributed by atoms with van der Waals surface area (Å²) in [4.78, 5) is 0. The van der Waals surface area contributed by atoms with Gasteiger partial charge in [-0.1, -0.05) is 0 Å². The monoisotopic (exact) mass is 193 g/mol. The van der Waals surface area contributed by atoms with E-state index in [1.54, 1.807) is 7.11 Å². The van der Waals surface area contributed by atoms with Crippen LogP contribution in [-0.2, 0) is 4.74 Å². The fraction of sp³-hybridized carbons (Fsp3) is 1.00. The first-order valence-corrected chi connectivity index (χ1v) is 5.04. The maximum Gasteiger partial charge on any atom is 0.0462 e. The van der Waals surface area contributed by atoms with Gasteiger partial charge >= 0.3 is 0 Å². The van der Waals surface area contributed by atoms with Crippen molar-refractivity contribution in [2.45, 2.75) is 31.6 Å². The summed E-state index contributed by atoms with van der Waals surface area (Å²) >= 11 is 5.78. The largest absolute Gasteiger partial charge is 0.385 e. The molecule has 0 aliphatic carbocycles. The van der Waals surface area contributed by atoms with Gasteiger partial charge in [-0.2, -0.15) is 0 Å². The summed E-state index contributed by atoms with van der Waals surface area (Å²) < 4.78 is 4.94. The molecule has 74 valence electrons. The number of halogens is 1. The quantitative estimate of drug-likeness (QED) is 0.471. The Morgan fingerprint density at radius 1 is 1.33 bits per heavy atom. The van der Waals surface area contributed by atoms with Crippen LogP contribution in [0.25, 0.3) is 0 Å². The smallest absolute Gasteiger partial charge is 0.0462 e. The van der Waals surface area contributed by atoms with Crippen LogP contribution < -0.4 is 5.32 Å². The van der Waals surface area contributed by atoms with Gasteiger partial charge in [-0.05, 0) is 39.3 Å². The highest BCUT2D eigenvalue weighted by molar-refractivity contribution is 6.20.